The molecule has 1 aliphatic carbocycles. The van der Waals surface area contributed by atoms with Crippen molar-refractivity contribution in [2.45, 2.75) is 72.8 Å². The van der Waals surface area contributed by atoms with Crippen LogP contribution in [0.1, 0.15) is 99.0 Å². The third-order valence-corrected chi connectivity index (χ3v) is 8.35. The van der Waals surface area contributed by atoms with Crippen LogP contribution < -0.4 is 16.0 Å². The summed E-state index contributed by atoms with van der Waals surface area (Å²) >= 11 is 0. The number of carbonyl (C=O) groups excluding carboxylic acids is 3. The summed E-state index contributed by atoms with van der Waals surface area (Å²) in [6, 6.07) is 13.5. The molecule has 0 aromatic heterocycles. The Morgan fingerprint density at radius 3 is 1.98 bits per heavy atom. The van der Waals surface area contributed by atoms with E-state index in [0.29, 0.717) is 35.8 Å². The van der Waals surface area contributed by atoms with E-state index in [9.17, 15) is 19.2 Å². The van der Waals surface area contributed by atoms with Crippen LogP contribution in [0.15, 0.2) is 48.5 Å². The van der Waals surface area contributed by atoms with E-state index in [1.54, 1.807) is 41.3 Å². The molecular weight excluding hydrogens is 532 g/mol. The van der Waals surface area contributed by atoms with Gasteiger partial charge in [0.25, 0.3) is 11.8 Å². The normalized spacial score (nSPS) is 17.5. The number of rotatable bonds is 11. The summed E-state index contributed by atoms with van der Waals surface area (Å²) in [6.07, 6.45) is 3.98. The smallest absolute Gasteiger partial charge is 0.319 e. The topological polar surface area (TPSA) is 128 Å². The van der Waals surface area contributed by atoms with E-state index in [4.69, 9.17) is 5.11 Å². The monoisotopic (exact) mass is 578 g/mol. The molecule has 0 saturated heterocycles. The van der Waals surface area contributed by atoms with Crippen LogP contribution in [-0.2, 0) is 4.79 Å². The molecule has 0 radical (unpaired) electrons. The number of nitrogens with one attached hydrogen (secondary N) is 3. The Labute approximate surface area is 249 Å². The Morgan fingerprint density at radius 1 is 0.881 bits per heavy atom. The van der Waals surface area contributed by atoms with Gasteiger partial charge in [0.1, 0.15) is 0 Å². The van der Waals surface area contributed by atoms with E-state index in [-0.39, 0.29) is 48.2 Å². The number of benzene rings is 2. The van der Waals surface area contributed by atoms with Gasteiger partial charge in [-0.3, -0.25) is 14.4 Å². The van der Waals surface area contributed by atoms with Gasteiger partial charge in [0.15, 0.2) is 0 Å². The van der Waals surface area contributed by atoms with Crippen LogP contribution in [0.2, 0.25) is 0 Å². The molecule has 42 heavy (non-hydrogen) atoms. The summed E-state index contributed by atoms with van der Waals surface area (Å²) in [5, 5.41) is 17.5. The summed E-state index contributed by atoms with van der Waals surface area (Å²) < 4.78 is 0. The number of carboxylic acid groups (broad SMARTS) is 1. The molecule has 4 amide bonds. The molecule has 1 atom stereocenters. The Kier molecular flexibility index (Phi) is 11.5. The standard InChI is InChI=1S/C33H46N4O5/c1-6-37(7-2)31(41)25-14-18-27(19-15-25)35-32(42)36-29(23-12-16-26(17-13-23)33(3,4)5)22-8-10-24(11-9-22)30(40)34-21-20-28(38)39/h8-11,14-15,18-19,23,26,29H,6-7,12-13,16-17,20-21H2,1-5H3,(H,34,40)(H,38,39)(H2,35,36,42). The number of carbonyl (C=O) groups is 4. The highest BCUT2D eigenvalue weighted by molar-refractivity contribution is 5.96. The summed E-state index contributed by atoms with van der Waals surface area (Å²) in [5.41, 5.74) is 2.74. The molecule has 0 spiro atoms. The van der Waals surface area contributed by atoms with Gasteiger partial charge in [-0.05, 0) is 98.7 Å². The van der Waals surface area contributed by atoms with Gasteiger partial charge in [0.2, 0.25) is 0 Å². The van der Waals surface area contributed by atoms with Crippen molar-refractivity contribution < 1.29 is 24.3 Å². The van der Waals surface area contributed by atoms with Gasteiger partial charge in [0, 0.05) is 36.4 Å². The molecule has 4 N–H and O–H groups in total. The molecule has 9 nitrogen and oxygen atoms in total. The Balaban J connectivity index is 1.73. The van der Waals surface area contributed by atoms with Crippen molar-refractivity contribution in [3.8, 4) is 0 Å². The number of carboxylic acids is 1. The number of anilines is 1. The van der Waals surface area contributed by atoms with Crippen molar-refractivity contribution in [1.29, 1.82) is 0 Å². The van der Waals surface area contributed by atoms with Crippen molar-refractivity contribution in [3.05, 3.63) is 65.2 Å². The van der Waals surface area contributed by atoms with Gasteiger partial charge in [-0.15, -0.1) is 0 Å². The maximum atomic E-state index is 13.2. The molecule has 228 valence electrons. The second-order valence-corrected chi connectivity index (χ2v) is 12.1. The first-order valence-electron chi connectivity index (χ1n) is 15.0. The van der Waals surface area contributed by atoms with E-state index in [2.05, 4.69) is 36.7 Å². The SMILES string of the molecule is CCN(CC)C(=O)c1ccc(NC(=O)NC(c2ccc(C(=O)NCCC(=O)O)cc2)C2CCC(C(C)(C)C)CC2)cc1. The highest BCUT2D eigenvalue weighted by atomic mass is 16.4. The zero-order chi connectivity index (χ0) is 30.9. The Morgan fingerprint density at radius 2 is 1.45 bits per heavy atom. The first-order valence-corrected chi connectivity index (χ1v) is 15.0. The maximum absolute atomic E-state index is 13.2. The molecule has 2 aromatic carbocycles. The number of aliphatic carboxylic acids is 1. The number of nitrogens with zero attached hydrogens (tertiary/aromatic N) is 1. The maximum Gasteiger partial charge on any atom is 0.319 e. The molecule has 1 saturated carbocycles. The van der Waals surface area contributed by atoms with Gasteiger partial charge in [-0.2, -0.15) is 0 Å². The predicted molar refractivity (Wildman–Crippen MR) is 165 cm³/mol. The molecule has 1 aliphatic rings. The summed E-state index contributed by atoms with van der Waals surface area (Å²) in [7, 11) is 0. The molecule has 1 unspecified atom stereocenters. The molecule has 0 bridgehead atoms. The van der Waals surface area contributed by atoms with Crippen LogP contribution in [0.3, 0.4) is 0 Å². The first kappa shape index (κ1) is 32.6. The lowest BCUT2D eigenvalue weighted by Gasteiger charge is -2.39. The van der Waals surface area contributed by atoms with Crippen LogP contribution in [0.5, 0.6) is 0 Å². The first-order chi connectivity index (χ1) is 19.9. The van der Waals surface area contributed by atoms with E-state index in [1.165, 1.54) is 0 Å². The zero-order valence-corrected chi connectivity index (χ0v) is 25.5. The fourth-order valence-corrected chi connectivity index (χ4v) is 5.72. The largest absolute Gasteiger partial charge is 0.481 e. The van der Waals surface area contributed by atoms with Gasteiger partial charge < -0.3 is 26.0 Å². The highest BCUT2D eigenvalue weighted by Gasteiger charge is 2.34. The van der Waals surface area contributed by atoms with Crippen LogP contribution in [0, 0.1) is 17.3 Å². The molecule has 9 heteroatoms. The highest BCUT2D eigenvalue weighted by Crippen LogP contribution is 2.43. The summed E-state index contributed by atoms with van der Waals surface area (Å²) in [6.45, 7) is 12.0. The minimum atomic E-state index is -0.969. The second kappa shape index (κ2) is 14.8. The fraction of sp³-hybridized carbons (Fsp3) is 0.515. The fourth-order valence-electron chi connectivity index (χ4n) is 5.72. The summed E-state index contributed by atoms with van der Waals surface area (Å²) in [4.78, 5) is 50.8. The van der Waals surface area contributed by atoms with Gasteiger partial charge in [-0.25, -0.2) is 4.79 Å². The van der Waals surface area contributed by atoms with Crippen molar-refractivity contribution in [2.75, 3.05) is 25.0 Å². The number of amides is 4. The quantitative estimate of drug-likeness (QED) is 0.257. The second-order valence-electron chi connectivity index (χ2n) is 12.1. The van der Waals surface area contributed by atoms with Crippen molar-refractivity contribution >= 4 is 29.5 Å². The summed E-state index contributed by atoms with van der Waals surface area (Å²) in [5.74, 6) is -0.487. The third-order valence-electron chi connectivity index (χ3n) is 8.35. The van der Waals surface area contributed by atoms with Crippen LogP contribution in [0.25, 0.3) is 0 Å². The number of hydrogen-bond donors (Lipinski definition) is 4. The lowest BCUT2D eigenvalue weighted by molar-refractivity contribution is -0.136. The van der Waals surface area contributed by atoms with E-state index in [1.807, 2.05) is 26.0 Å². The minimum absolute atomic E-state index is 0.0408. The van der Waals surface area contributed by atoms with Gasteiger partial charge in [0.05, 0.1) is 12.5 Å². The average Bonchev–Trinajstić information content (AvgIpc) is 2.96. The van der Waals surface area contributed by atoms with Crippen molar-refractivity contribution in [1.82, 2.24) is 15.5 Å². The molecule has 0 heterocycles. The van der Waals surface area contributed by atoms with Gasteiger partial charge >= 0.3 is 12.0 Å². The lowest BCUT2D eigenvalue weighted by atomic mass is 9.68. The average molecular weight is 579 g/mol. The molecule has 2 aromatic rings. The number of hydrogen-bond acceptors (Lipinski definition) is 4. The predicted octanol–water partition coefficient (Wildman–Crippen LogP) is 6.09. The Bertz CT molecular complexity index is 1210. The third kappa shape index (κ3) is 9.06. The Hall–Kier alpha value is -3.88. The number of urea groups is 1. The van der Waals surface area contributed by atoms with E-state index >= 15 is 0 Å². The molecular formula is C33H46N4O5. The lowest BCUT2D eigenvalue weighted by Crippen LogP contribution is -2.38. The van der Waals surface area contributed by atoms with E-state index < -0.39 is 5.97 Å². The molecule has 1 fully saturated rings. The van der Waals surface area contributed by atoms with Crippen molar-refractivity contribution in [2.24, 2.45) is 17.3 Å². The van der Waals surface area contributed by atoms with Crippen LogP contribution in [-0.4, -0.2) is 53.5 Å². The molecule has 0 aliphatic heterocycles. The van der Waals surface area contributed by atoms with Crippen LogP contribution in [0.4, 0.5) is 10.5 Å². The van der Waals surface area contributed by atoms with E-state index in [0.717, 1.165) is 31.2 Å². The van der Waals surface area contributed by atoms with Crippen LogP contribution >= 0.6 is 0 Å². The zero-order valence-electron chi connectivity index (χ0n) is 25.5. The van der Waals surface area contributed by atoms with Gasteiger partial charge in [-0.1, -0.05) is 32.9 Å². The molecule has 3 rings (SSSR count). The van der Waals surface area contributed by atoms with Crippen molar-refractivity contribution in [3.63, 3.8) is 0 Å². The minimum Gasteiger partial charge on any atom is -0.481 e.